The van der Waals surface area contributed by atoms with Crippen molar-refractivity contribution in [3.05, 3.63) is 35.4 Å². The molecule has 1 fully saturated rings. The van der Waals surface area contributed by atoms with E-state index in [1.54, 1.807) is 4.31 Å². The van der Waals surface area contributed by atoms with Crippen molar-refractivity contribution in [3.63, 3.8) is 0 Å². The average Bonchev–Trinajstić information content (AvgIpc) is 2.40. The molecule has 118 valence electrons. The quantitative estimate of drug-likeness (QED) is 0.891. The number of benzene rings is 1. The SMILES string of the molecule is CNCc1ccc(CS(=O)(=O)N2C[C@@H](C)O[C@@H](C)C2)cc1. The standard InChI is InChI=1S/C15H24N2O3S/c1-12-9-17(10-13(2)20-12)21(18,19)11-15-6-4-14(5-7-15)8-16-3/h4-7,12-13,16H,8-11H2,1-3H3/t12-,13+. The first-order valence-electron chi connectivity index (χ1n) is 7.26. The van der Waals surface area contributed by atoms with Crippen LogP contribution in [-0.2, 0) is 27.1 Å². The number of rotatable bonds is 5. The van der Waals surface area contributed by atoms with Gasteiger partial charge in [-0.15, -0.1) is 0 Å². The van der Waals surface area contributed by atoms with E-state index in [9.17, 15) is 8.42 Å². The third-order valence-corrected chi connectivity index (χ3v) is 5.32. The van der Waals surface area contributed by atoms with E-state index in [4.69, 9.17) is 4.74 Å². The summed E-state index contributed by atoms with van der Waals surface area (Å²) in [5, 5.41) is 3.07. The molecule has 0 saturated carbocycles. The van der Waals surface area contributed by atoms with Gasteiger partial charge in [-0.3, -0.25) is 0 Å². The van der Waals surface area contributed by atoms with Crippen molar-refractivity contribution in [2.45, 2.75) is 38.4 Å². The third-order valence-electron chi connectivity index (χ3n) is 3.53. The molecule has 1 saturated heterocycles. The number of hydrogen-bond donors (Lipinski definition) is 1. The molecule has 6 heteroatoms. The summed E-state index contributed by atoms with van der Waals surface area (Å²) >= 11 is 0. The van der Waals surface area contributed by atoms with Gasteiger partial charge in [0.05, 0.1) is 18.0 Å². The Kier molecular flexibility index (Phi) is 5.37. The van der Waals surface area contributed by atoms with Gasteiger partial charge in [-0.25, -0.2) is 8.42 Å². The maximum absolute atomic E-state index is 12.5. The lowest BCUT2D eigenvalue weighted by Gasteiger charge is -2.34. The van der Waals surface area contributed by atoms with E-state index in [-0.39, 0.29) is 18.0 Å². The Morgan fingerprint density at radius 3 is 2.19 bits per heavy atom. The Labute approximate surface area is 127 Å². The first-order valence-corrected chi connectivity index (χ1v) is 8.87. The first kappa shape index (κ1) is 16.4. The zero-order valence-corrected chi connectivity index (χ0v) is 13.7. The number of nitrogens with one attached hydrogen (secondary N) is 1. The molecule has 0 unspecified atom stereocenters. The molecular formula is C15H24N2O3S. The molecule has 0 amide bonds. The highest BCUT2D eigenvalue weighted by Crippen LogP contribution is 2.18. The monoisotopic (exact) mass is 312 g/mol. The van der Waals surface area contributed by atoms with Crippen molar-refractivity contribution >= 4 is 10.0 Å². The van der Waals surface area contributed by atoms with E-state index in [2.05, 4.69) is 5.32 Å². The smallest absolute Gasteiger partial charge is 0.218 e. The van der Waals surface area contributed by atoms with E-state index in [1.807, 2.05) is 45.2 Å². The van der Waals surface area contributed by atoms with Gasteiger partial charge in [0.2, 0.25) is 10.0 Å². The first-order chi connectivity index (χ1) is 9.90. The molecule has 2 atom stereocenters. The summed E-state index contributed by atoms with van der Waals surface area (Å²) in [5.74, 6) is 0.0479. The van der Waals surface area contributed by atoms with Crippen LogP contribution in [0.5, 0.6) is 0 Å². The summed E-state index contributed by atoms with van der Waals surface area (Å²) in [6.07, 6.45) is -0.108. The van der Waals surface area contributed by atoms with Gasteiger partial charge in [0, 0.05) is 19.6 Å². The number of hydrogen-bond acceptors (Lipinski definition) is 4. The Balaban J connectivity index is 2.06. The van der Waals surface area contributed by atoms with Crippen molar-refractivity contribution in [2.24, 2.45) is 0 Å². The van der Waals surface area contributed by atoms with E-state index >= 15 is 0 Å². The molecule has 1 aromatic carbocycles. The minimum absolute atomic E-state index is 0.0479. The minimum atomic E-state index is -3.29. The van der Waals surface area contributed by atoms with Gasteiger partial charge < -0.3 is 10.1 Å². The molecule has 0 bridgehead atoms. The van der Waals surface area contributed by atoms with Crippen molar-refractivity contribution in [2.75, 3.05) is 20.1 Å². The topological polar surface area (TPSA) is 58.6 Å². The van der Waals surface area contributed by atoms with Crippen LogP contribution < -0.4 is 5.32 Å². The lowest BCUT2D eigenvalue weighted by molar-refractivity contribution is -0.0441. The molecule has 2 rings (SSSR count). The van der Waals surface area contributed by atoms with Crippen molar-refractivity contribution < 1.29 is 13.2 Å². The van der Waals surface area contributed by atoms with E-state index < -0.39 is 10.0 Å². The van der Waals surface area contributed by atoms with Crippen LogP contribution in [0.1, 0.15) is 25.0 Å². The van der Waals surface area contributed by atoms with E-state index in [1.165, 1.54) is 0 Å². The van der Waals surface area contributed by atoms with Crippen LogP contribution in [0.2, 0.25) is 0 Å². The van der Waals surface area contributed by atoms with Crippen LogP contribution in [0, 0.1) is 0 Å². The maximum atomic E-state index is 12.5. The second-order valence-electron chi connectivity index (χ2n) is 5.68. The molecule has 1 heterocycles. The summed E-state index contributed by atoms with van der Waals surface area (Å²) in [5.41, 5.74) is 1.97. The summed E-state index contributed by atoms with van der Waals surface area (Å²) in [7, 11) is -1.40. The van der Waals surface area contributed by atoms with Crippen LogP contribution in [0.15, 0.2) is 24.3 Å². The summed E-state index contributed by atoms with van der Waals surface area (Å²) in [6.45, 7) is 5.47. The molecule has 0 spiro atoms. The van der Waals surface area contributed by atoms with Crippen LogP contribution >= 0.6 is 0 Å². The van der Waals surface area contributed by atoms with Crippen molar-refractivity contribution in [1.82, 2.24) is 9.62 Å². The summed E-state index contributed by atoms with van der Waals surface area (Å²) in [4.78, 5) is 0. The van der Waals surface area contributed by atoms with Gasteiger partial charge >= 0.3 is 0 Å². The molecule has 5 nitrogen and oxygen atoms in total. The number of sulfonamides is 1. The van der Waals surface area contributed by atoms with Gasteiger partial charge in [0.1, 0.15) is 0 Å². The summed E-state index contributed by atoms with van der Waals surface area (Å²) < 4.78 is 32.2. The maximum Gasteiger partial charge on any atom is 0.218 e. The second-order valence-corrected chi connectivity index (χ2v) is 7.65. The van der Waals surface area contributed by atoms with Gasteiger partial charge in [-0.05, 0) is 32.0 Å². The highest BCUT2D eigenvalue weighted by Gasteiger charge is 2.30. The zero-order valence-electron chi connectivity index (χ0n) is 12.9. The number of morpholine rings is 1. The number of nitrogens with zero attached hydrogens (tertiary/aromatic N) is 1. The summed E-state index contributed by atoms with van der Waals surface area (Å²) in [6, 6.07) is 7.70. The van der Waals surface area contributed by atoms with Gasteiger partial charge in [-0.1, -0.05) is 24.3 Å². The predicted octanol–water partition coefficient (Wildman–Crippen LogP) is 1.34. The van der Waals surface area contributed by atoms with Gasteiger partial charge in [0.15, 0.2) is 0 Å². The molecule has 1 aliphatic heterocycles. The van der Waals surface area contributed by atoms with E-state index in [0.29, 0.717) is 13.1 Å². The predicted molar refractivity (Wildman–Crippen MR) is 83.4 cm³/mol. The molecule has 21 heavy (non-hydrogen) atoms. The largest absolute Gasteiger partial charge is 0.373 e. The average molecular weight is 312 g/mol. The van der Waals surface area contributed by atoms with Crippen LogP contribution in [0.4, 0.5) is 0 Å². The molecule has 0 aliphatic carbocycles. The highest BCUT2D eigenvalue weighted by molar-refractivity contribution is 7.88. The van der Waals surface area contributed by atoms with Gasteiger partial charge in [-0.2, -0.15) is 4.31 Å². The van der Waals surface area contributed by atoms with E-state index in [0.717, 1.165) is 17.7 Å². The Morgan fingerprint density at radius 2 is 1.67 bits per heavy atom. The highest BCUT2D eigenvalue weighted by atomic mass is 32.2. The number of ether oxygens (including phenoxy) is 1. The van der Waals surface area contributed by atoms with Crippen LogP contribution in [0.25, 0.3) is 0 Å². The zero-order chi connectivity index (χ0) is 15.5. The molecule has 1 aromatic rings. The fourth-order valence-corrected chi connectivity index (χ4v) is 4.29. The fraction of sp³-hybridized carbons (Fsp3) is 0.600. The second kappa shape index (κ2) is 6.87. The third kappa shape index (κ3) is 4.51. The van der Waals surface area contributed by atoms with Crippen LogP contribution in [-0.4, -0.2) is 45.1 Å². The van der Waals surface area contributed by atoms with Crippen molar-refractivity contribution in [1.29, 1.82) is 0 Å². The lowest BCUT2D eigenvalue weighted by atomic mass is 10.1. The Hall–Kier alpha value is -0.950. The molecule has 1 N–H and O–H groups in total. The van der Waals surface area contributed by atoms with Crippen LogP contribution in [0.3, 0.4) is 0 Å². The molecule has 1 aliphatic rings. The Bertz CT molecular complexity index is 547. The lowest BCUT2D eigenvalue weighted by Crippen LogP contribution is -2.48. The Morgan fingerprint density at radius 1 is 1.14 bits per heavy atom. The molecule has 0 radical (unpaired) electrons. The van der Waals surface area contributed by atoms with Gasteiger partial charge in [0.25, 0.3) is 0 Å². The molecule has 0 aromatic heterocycles. The minimum Gasteiger partial charge on any atom is -0.373 e. The fourth-order valence-electron chi connectivity index (χ4n) is 2.62. The van der Waals surface area contributed by atoms with Crippen molar-refractivity contribution in [3.8, 4) is 0 Å². The normalized spacial score (nSPS) is 24.1. The molecular weight excluding hydrogens is 288 g/mol.